The van der Waals surface area contributed by atoms with Crippen molar-refractivity contribution >= 4 is 35.0 Å². The van der Waals surface area contributed by atoms with Gasteiger partial charge in [0.05, 0.1) is 11.3 Å². The molecule has 1 aliphatic heterocycles. The first-order chi connectivity index (χ1) is 13.7. The molecule has 0 radical (unpaired) electrons. The lowest BCUT2D eigenvalue weighted by molar-refractivity contribution is -0.137. The van der Waals surface area contributed by atoms with Crippen molar-refractivity contribution in [2.75, 3.05) is 29.9 Å². The molecule has 2 aromatic rings. The Morgan fingerprint density at radius 1 is 1.14 bits per heavy atom. The van der Waals surface area contributed by atoms with Crippen LogP contribution in [0.25, 0.3) is 0 Å². The molecule has 1 amide bonds. The second kappa shape index (κ2) is 8.64. The Kier molecular flexibility index (Phi) is 6.21. The van der Waals surface area contributed by atoms with Crippen LogP contribution < -0.4 is 10.2 Å². The monoisotopic (exact) mass is 428 g/mol. The average molecular weight is 429 g/mol. The van der Waals surface area contributed by atoms with Crippen LogP contribution >= 0.6 is 11.6 Å². The highest BCUT2D eigenvalue weighted by Crippen LogP contribution is 2.36. The fourth-order valence-electron chi connectivity index (χ4n) is 2.80. The largest absolute Gasteiger partial charge is 0.451 e. The summed E-state index contributed by atoms with van der Waals surface area (Å²) >= 11 is 5.58. The number of carbonyl (C=O) groups excluding carboxylic acids is 2. The zero-order chi connectivity index (χ0) is 21.0. The fourth-order valence-corrected chi connectivity index (χ4v) is 2.97. The first-order valence-corrected chi connectivity index (χ1v) is 9.04. The Morgan fingerprint density at radius 3 is 2.48 bits per heavy atom. The zero-order valence-corrected chi connectivity index (χ0v) is 15.8. The van der Waals surface area contributed by atoms with Gasteiger partial charge in [-0.1, -0.05) is 11.6 Å². The van der Waals surface area contributed by atoms with Crippen LogP contribution in [0.4, 0.5) is 24.7 Å². The summed E-state index contributed by atoms with van der Waals surface area (Å²) < 4.78 is 43.9. The van der Waals surface area contributed by atoms with Gasteiger partial charge in [0.2, 0.25) is 0 Å². The first kappa shape index (κ1) is 20.8. The number of rotatable bonds is 5. The van der Waals surface area contributed by atoms with E-state index in [0.717, 1.165) is 32.0 Å². The Labute approximate surface area is 168 Å². The zero-order valence-electron chi connectivity index (χ0n) is 15.0. The van der Waals surface area contributed by atoms with Gasteiger partial charge in [0, 0.05) is 18.1 Å². The van der Waals surface area contributed by atoms with Crippen molar-refractivity contribution in [2.24, 2.45) is 0 Å². The molecule has 0 unspecified atom stereocenters. The second-order valence-corrected chi connectivity index (χ2v) is 6.72. The van der Waals surface area contributed by atoms with Crippen LogP contribution in [0.3, 0.4) is 0 Å². The van der Waals surface area contributed by atoms with Crippen molar-refractivity contribution in [3.8, 4) is 0 Å². The third-order valence-electron chi connectivity index (χ3n) is 4.19. The molecule has 1 aliphatic rings. The molecular weight excluding hydrogens is 413 g/mol. The van der Waals surface area contributed by atoms with E-state index in [2.05, 4.69) is 15.5 Å². The molecule has 11 heteroatoms. The SMILES string of the molecule is O=C(COC(=O)c1ccc(N2CCCC2)nn1)Nc1ccc(Cl)cc1C(F)(F)F. The van der Waals surface area contributed by atoms with Crippen LogP contribution in [0.2, 0.25) is 5.02 Å². The van der Waals surface area contributed by atoms with Gasteiger partial charge in [0.15, 0.2) is 18.1 Å². The number of nitrogens with zero attached hydrogens (tertiary/aromatic N) is 3. The molecule has 0 spiro atoms. The molecule has 0 saturated carbocycles. The maximum absolute atomic E-state index is 13.0. The van der Waals surface area contributed by atoms with Gasteiger partial charge >= 0.3 is 12.1 Å². The summed E-state index contributed by atoms with van der Waals surface area (Å²) in [4.78, 5) is 25.9. The van der Waals surface area contributed by atoms with Crippen LogP contribution in [0, 0.1) is 0 Å². The Balaban J connectivity index is 1.57. The van der Waals surface area contributed by atoms with E-state index in [1.54, 1.807) is 6.07 Å². The van der Waals surface area contributed by atoms with Crippen molar-refractivity contribution in [3.05, 3.63) is 46.6 Å². The summed E-state index contributed by atoms with van der Waals surface area (Å²) in [6.07, 6.45) is -2.59. The first-order valence-electron chi connectivity index (χ1n) is 8.66. The van der Waals surface area contributed by atoms with Crippen molar-refractivity contribution in [1.82, 2.24) is 10.2 Å². The molecule has 0 bridgehead atoms. The molecule has 3 rings (SSSR count). The standard InChI is InChI=1S/C18H16ClF3N4O3/c19-11-3-4-13(12(9-11)18(20,21)22)23-16(27)10-29-17(28)14-5-6-15(25-24-14)26-7-1-2-8-26/h3-6,9H,1-2,7-8,10H2,(H,23,27). The number of esters is 1. The summed E-state index contributed by atoms with van der Waals surface area (Å²) in [5, 5.41) is 9.67. The van der Waals surface area contributed by atoms with Crippen LogP contribution in [-0.2, 0) is 15.7 Å². The highest BCUT2D eigenvalue weighted by molar-refractivity contribution is 6.30. The fraction of sp³-hybridized carbons (Fsp3) is 0.333. The maximum atomic E-state index is 13.0. The summed E-state index contributed by atoms with van der Waals surface area (Å²) in [6, 6.07) is 5.96. The van der Waals surface area contributed by atoms with Gasteiger partial charge in [0.25, 0.3) is 5.91 Å². The summed E-state index contributed by atoms with van der Waals surface area (Å²) in [6.45, 7) is 0.945. The van der Waals surface area contributed by atoms with E-state index in [-0.39, 0.29) is 10.7 Å². The highest BCUT2D eigenvalue weighted by atomic mass is 35.5. The second-order valence-electron chi connectivity index (χ2n) is 6.28. The van der Waals surface area contributed by atoms with Gasteiger partial charge in [0.1, 0.15) is 0 Å². The van der Waals surface area contributed by atoms with Gasteiger partial charge in [-0.15, -0.1) is 10.2 Å². The number of nitrogens with one attached hydrogen (secondary N) is 1. The van der Waals surface area contributed by atoms with E-state index in [4.69, 9.17) is 16.3 Å². The third kappa shape index (κ3) is 5.35. The molecule has 29 heavy (non-hydrogen) atoms. The van der Waals surface area contributed by atoms with Crippen molar-refractivity contribution in [3.63, 3.8) is 0 Å². The lowest BCUT2D eigenvalue weighted by Gasteiger charge is -2.15. The predicted molar refractivity (Wildman–Crippen MR) is 98.8 cm³/mol. The number of hydrogen-bond acceptors (Lipinski definition) is 6. The normalized spacial score (nSPS) is 14.0. The van der Waals surface area contributed by atoms with Gasteiger partial charge in [-0.3, -0.25) is 4.79 Å². The molecule has 0 atom stereocenters. The Hall–Kier alpha value is -2.88. The number of alkyl halides is 3. The minimum atomic E-state index is -4.71. The van der Waals surface area contributed by atoms with Gasteiger partial charge in [-0.05, 0) is 43.2 Å². The number of halogens is 4. The van der Waals surface area contributed by atoms with Crippen LogP contribution in [0.15, 0.2) is 30.3 Å². The number of aromatic nitrogens is 2. The van der Waals surface area contributed by atoms with E-state index in [1.165, 1.54) is 12.1 Å². The summed E-state index contributed by atoms with van der Waals surface area (Å²) in [5.41, 5.74) is -1.70. The van der Waals surface area contributed by atoms with E-state index in [0.29, 0.717) is 11.9 Å². The number of carbonyl (C=O) groups is 2. The number of ether oxygens (including phenoxy) is 1. The van der Waals surface area contributed by atoms with Crippen LogP contribution in [0.1, 0.15) is 28.9 Å². The molecular formula is C18H16ClF3N4O3. The summed E-state index contributed by atoms with van der Waals surface area (Å²) in [7, 11) is 0. The minimum absolute atomic E-state index is 0.108. The quantitative estimate of drug-likeness (QED) is 0.733. The molecule has 2 heterocycles. The van der Waals surface area contributed by atoms with Gasteiger partial charge in [-0.2, -0.15) is 13.2 Å². The van der Waals surface area contributed by atoms with E-state index < -0.39 is 35.9 Å². The third-order valence-corrected chi connectivity index (χ3v) is 4.42. The summed E-state index contributed by atoms with van der Waals surface area (Å²) in [5.74, 6) is -1.21. The predicted octanol–water partition coefficient (Wildman–Crippen LogP) is 3.54. The van der Waals surface area contributed by atoms with Crippen LogP contribution in [-0.4, -0.2) is 41.8 Å². The van der Waals surface area contributed by atoms with Crippen molar-refractivity contribution < 1.29 is 27.5 Å². The number of benzene rings is 1. The van der Waals surface area contributed by atoms with E-state index >= 15 is 0 Å². The van der Waals surface area contributed by atoms with Crippen molar-refractivity contribution in [1.29, 1.82) is 0 Å². The van der Waals surface area contributed by atoms with Gasteiger partial charge in [-0.25, -0.2) is 4.79 Å². The van der Waals surface area contributed by atoms with E-state index in [9.17, 15) is 22.8 Å². The molecule has 1 N–H and O–H groups in total. The minimum Gasteiger partial charge on any atom is -0.451 e. The smallest absolute Gasteiger partial charge is 0.418 e. The molecule has 7 nitrogen and oxygen atoms in total. The number of hydrogen-bond donors (Lipinski definition) is 1. The molecule has 1 aromatic carbocycles. The lowest BCUT2D eigenvalue weighted by atomic mass is 10.1. The maximum Gasteiger partial charge on any atom is 0.418 e. The molecule has 1 fully saturated rings. The molecule has 154 valence electrons. The Morgan fingerprint density at radius 2 is 1.86 bits per heavy atom. The molecule has 1 saturated heterocycles. The van der Waals surface area contributed by atoms with Crippen molar-refractivity contribution in [2.45, 2.75) is 19.0 Å². The van der Waals surface area contributed by atoms with Gasteiger partial charge < -0.3 is 15.0 Å². The topological polar surface area (TPSA) is 84.4 Å². The highest BCUT2D eigenvalue weighted by Gasteiger charge is 2.34. The molecule has 0 aliphatic carbocycles. The van der Waals surface area contributed by atoms with E-state index in [1.807, 2.05) is 4.90 Å². The lowest BCUT2D eigenvalue weighted by Crippen LogP contribution is -2.23. The average Bonchev–Trinajstić information content (AvgIpc) is 3.21. The molecule has 1 aromatic heterocycles. The van der Waals surface area contributed by atoms with Crippen LogP contribution in [0.5, 0.6) is 0 Å². The number of amides is 1. The number of anilines is 2. The Bertz CT molecular complexity index is 900.